The molecule has 1 fully saturated rings. The molecule has 13 heteroatoms. The second-order valence-electron chi connectivity index (χ2n) is 11.8. The summed E-state index contributed by atoms with van der Waals surface area (Å²) in [6.07, 6.45) is 2.82. The lowest BCUT2D eigenvalue weighted by atomic mass is 9.90. The van der Waals surface area contributed by atoms with Gasteiger partial charge in [0.1, 0.15) is 6.54 Å². The van der Waals surface area contributed by atoms with E-state index >= 15 is 0 Å². The number of likely N-dealkylation sites (N-methyl/N-ethyl adjacent to an activating group) is 1. The van der Waals surface area contributed by atoms with Crippen molar-refractivity contribution in [2.45, 2.75) is 90.5 Å². The van der Waals surface area contributed by atoms with Crippen LogP contribution >= 0.6 is 0 Å². The van der Waals surface area contributed by atoms with Crippen molar-refractivity contribution in [1.82, 2.24) is 25.1 Å². The van der Waals surface area contributed by atoms with Gasteiger partial charge in [0.15, 0.2) is 0 Å². The highest BCUT2D eigenvalue weighted by Crippen LogP contribution is 2.29. The molecule has 1 aliphatic rings. The zero-order chi connectivity index (χ0) is 33.0. The van der Waals surface area contributed by atoms with E-state index in [2.05, 4.69) is 25.3 Å². The van der Waals surface area contributed by atoms with Crippen LogP contribution in [0, 0.1) is 11.8 Å². The van der Waals surface area contributed by atoms with Crippen molar-refractivity contribution < 1.29 is 33.4 Å². The number of methoxy groups -OCH3 is 3. The van der Waals surface area contributed by atoms with Crippen molar-refractivity contribution in [2.75, 3.05) is 53.3 Å². The predicted octanol–water partition coefficient (Wildman–Crippen LogP) is 2.22. The Labute approximate surface area is 261 Å². The van der Waals surface area contributed by atoms with Crippen molar-refractivity contribution in [1.29, 1.82) is 0 Å². The van der Waals surface area contributed by atoms with Gasteiger partial charge in [-0.05, 0) is 30.7 Å². The minimum Gasteiger partial charge on any atom is -0.468 e. The second kappa shape index (κ2) is 17.8. The van der Waals surface area contributed by atoms with E-state index in [0.29, 0.717) is 18.9 Å². The molecule has 0 aromatic carbocycles. The van der Waals surface area contributed by atoms with Crippen LogP contribution in [0.5, 0.6) is 0 Å². The number of nitrogens with one attached hydrogen (secondary N) is 2. The van der Waals surface area contributed by atoms with E-state index in [1.165, 1.54) is 14.2 Å². The third-order valence-corrected chi connectivity index (χ3v) is 8.61. The van der Waals surface area contributed by atoms with Crippen LogP contribution in [0.15, 0.2) is 12.3 Å². The van der Waals surface area contributed by atoms with Crippen LogP contribution in [-0.4, -0.2) is 116 Å². The van der Waals surface area contributed by atoms with Gasteiger partial charge in [-0.25, -0.2) is 9.97 Å². The molecule has 0 bridgehead atoms. The summed E-state index contributed by atoms with van der Waals surface area (Å²) in [4.78, 5) is 63.6. The molecular formula is C31H52N6O7. The Kier molecular flexibility index (Phi) is 15.0. The quantitative estimate of drug-likeness (QED) is 0.248. The number of hydrogen-bond acceptors (Lipinski definition) is 10. The molecule has 0 aliphatic carbocycles. The van der Waals surface area contributed by atoms with Gasteiger partial charge >= 0.3 is 5.97 Å². The molecule has 44 heavy (non-hydrogen) atoms. The molecule has 248 valence electrons. The molecule has 2 N–H and O–H groups in total. The zero-order valence-electron chi connectivity index (χ0n) is 27.8. The topological polar surface area (TPSA) is 152 Å². The molecule has 1 saturated heterocycles. The van der Waals surface area contributed by atoms with E-state index in [1.807, 2.05) is 33.8 Å². The zero-order valence-corrected chi connectivity index (χ0v) is 27.8. The van der Waals surface area contributed by atoms with Crippen molar-refractivity contribution >= 4 is 29.6 Å². The molecule has 6 atom stereocenters. The van der Waals surface area contributed by atoms with Crippen molar-refractivity contribution in [3.05, 3.63) is 18.0 Å². The number of likely N-dealkylation sites (tertiary alicyclic amines) is 1. The highest BCUT2D eigenvalue weighted by molar-refractivity contribution is 5.84. The molecule has 1 aliphatic heterocycles. The Hall–Kier alpha value is -3.32. The second-order valence-corrected chi connectivity index (χ2v) is 11.8. The molecule has 0 radical (unpaired) electrons. The Bertz CT molecular complexity index is 1100. The predicted molar refractivity (Wildman–Crippen MR) is 166 cm³/mol. The number of carbonyl (C=O) groups is 4. The van der Waals surface area contributed by atoms with E-state index in [9.17, 15) is 19.2 Å². The molecule has 13 nitrogen and oxygen atoms in total. The van der Waals surface area contributed by atoms with Gasteiger partial charge in [0.2, 0.25) is 23.7 Å². The molecule has 0 saturated carbocycles. The van der Waals surface area contributed by atoms with Crippen LogP contribution in [0.4, 0.5) is 5.95 Å². The summed E-state index contributed by atoms with van der Waals surface area (Å²) in [6, 6.07) is 1.16. The minimum absolute atomic E-state index is 0.00495. The smallest absolute Gasteiger partial charge is 0.325 e. The van der Waals surface area contributed by atoms with Crippen LogP contribution in [0.25, 0.3) is 0 Å². The molecular weight excluding hydrogens is 568 g/mol. The molecule has 6 unspecified atom stereocenters. The number of anilines is 1. The Balaban J connectivity index is 2.14. The third-order valence-electron chi connectivity index (χ3n) is 8.61. The van der Waals surface area contributed by atoms with Gasteiger partial charge in [-0.2, -0.15) is 0 Å². The first-order chi connectivity index (χ1) is 20.9. The van der Waals surface area contributed by atoms with Gasteiger partial charge in [-0.1, -0.05) is 41.0 Å². The normalized spacial score (nSPS) is 18.2. The number of aromatic nitrogens is 2. The fraction of sp³-hybridized carbons (Fsp3) is 0.742. The van der Waals surface area contributed by atoms with Gasteiger partial charge in [0.25, 0.3) is 0 Å². The maximum absolute atomic E-state index is 13.8. The SMILES string of the molecule is CCC(C)C(C(CC(=O)N1CCCC1C(OC)C(C)C(=O)NCC(=O)OC)OC)N(C)C(=O)CNc1nccc(C(C)C)n1. The van der Waals surface area contributed by atoms with Crippen molar-refractivity contribution in [3.8, 4) is 0 Å². The summed E-state index contributed by atoms with van der Waals surface area (Å²) in [7, 11) is 6.06. The lowest BCUT2D eigenvalue weighted by Gasteiger charge is -2.39. The van der Waals surface area contributed by atoms with Crippen molar-refractivity contribution in [3.63, 3.8) is 0 Å². The maximum Gasteiger partial charge on any atom is 0.325 e. The van der Waals surface area contributed by atoms with Gasteiger partial charge in [-0.3, -0.25) is 19.2 Å². The molecule has 1 aromatic rings. The fourth-order valence-corrected chi connectivity index (χ4v) is 5.78. The van der Waals surface area contributed by atoms with E-state index in [4.69, 9.17) is 9.47 Å². The molecule has 2 heterocycles. The minimum atomic E-state index is -0.615. The largest absolute Gasteiger partial charge is 0.468 e. The molecule has 0 spiro atoms. The fourth-order valence-electron chi connectivity index (χ4n) is 5.78. The van der Waals surface area contributed by atoms with E-state index in [1.54, 1.807) is 37.1 Å². The summed E-state index contributed by atoms with van der Waals surface area (Å²) < 4.78 is 16.2. The number of carbonyl (C=O) groups excluding carboxylic acids is 4. The lowest BCUT2D eigenvalue weighted by Crippen LogP contribution is -2.54. The van der Waals surface area contributed by atoms with Gasteiger partial charge in [0.05, 0.1) is 50.3 Å². The summed E-state index contributed by atoms with van der Waals surface area (Å²) in [5, 5.41) is 5.61. The lowest BCUT2D eigenvalue weighted by molar-refractivity contribution is -0.146. The first-order valence-electron chi connectivity index (χ1n) is 15.4. The van der Waals surface area contributed by atoms with E-state index < -0.39 is 24.1 Å². The number of hydrogen-bond donors (Lipinski definition) is 2. The molecule has 3 amide bonds. The monoisotopic (exact) mass is 620 g/mol. The number of rotatable bonds is 17. The number of nitrogens with zero attached hydrogens (tertiary/aromatic N) is 4. The Morgan fingerprint density at radius 2 is 1.80 bits per heavy atom. The van der Waals surface area contributed by atoms with Crippen LogP contribution < -0.4 is 10.6 Å². The average Bonchev–Trinajstić information content (AvgIpc) is 3.51. The van der Waals surface area contributed by atoms with Crippen LogP contribution in [0.1, 0.15) is 71.9 Å². The van der Waals surface area contributed by atoms with E-state index in [-0.39, 0.29) is 61.2 Å². The van der Waals surface area contributed by atoms with Crippen LogP contribution in [0.3, 0.4) is 0 Å². The van der Waals surface area contributed by atoms with Crippen LogP contribution in [-0.2, 0) is 33.4 Å². The van der Waals surface area contributed by atoms with Crippen LogP contribution in [0.2, 0.25) is 0 Å². The van der Waals surface area contributed by atoms with Crippen molar-refractivity contribution in [2.24, 2.45) is 11.8 Å². The number of amides is 3. The first kappa shape index (κ1) is 36.9. The first-order valence-corrected chi connectivity index (χ1v) is 15.4. The Morgan fingerprint density at radius 3 is 2.39 bits per heavy atom. The van der Waals surface area contributed by atoms with Gasteiger partial charge < -0.3 is 34.6 Å². The maximum atomic E-state index is 13.8. The van der Waals surface area contributed by atoms with E-state index in [0.717, 1.165) is 18.5 Å². The Morgan fingerprint density at radius 1 is 1.09 bits per heavy atom. The number of ether oxygens (including phenoxy) is 3. The summed E-state index contributed by atoms with van der Waals surface area (Å²) in [6.45, 7) is 10.2. The average molecular weight is 621 g/mol. The van der Waals surface area contributed by atoms with Gasteiger partial charge in [0, 0.05) is 39.7 Å². The summed E-state index contributed by atoms with van der Waals surface area (Å²) in [5.74, 6) is -1.17. The highest BCUT2D eigenvalue weighted by atomic mass is 16.5. The summed E-state index contributed by atoms with van der Waals surface area (Å²) in [5.41, 5.74) is 0.880. The standard InChI is InChI=1S/C31H52N6O7/c1-10-20(4)28(36(6)26(39)17-34-31-32-14-13-22(35-31)19(2)3)24(42-7)16-25(38)37-15-11-12-23(37)29(44-9)21(5)30(41)33-18-27(40)43-8/h13-14,19-21,23-24,28-29H,10-12,15-18H2,1-9H3,(H,33,41)(H,32,34,35). The molecule has 2 rings (SSSR count). The molecule has 1 aromatic heterocycles. The highest BCUT2D eigenvalue weighted by Gasteiger charge is 2.42. The summed E-state index contributed by atoms with van der Waals surface area (Å²) >= 11 is 0. The van der Waals surface area contributed by atoms with Gasteiger partial charge in [-0.15, -0.1) is 0 Å². The third kappa shape index (κ3) is 9.85. The number of esters is 1.